The highest BCUT2D eigenvalue weighted by molar-refractivity contribution is 5.96. The summed E-state index contributed by atoms with van der Waals surface area (Å²) >= 11 is 0. The fourth-order valence-electron chi connectivity index (χ4n) is 1.20. The van der Waals surface area contributed by atoms with Crippen LogP contribution in [0.2, 0.25) is 0 Å². The van der Waals surface area contributed by atoms with E-state index in [1.165, 1.54) is 29.2 Å². The number of carbonyl (C=O) groups is 2. The van der Waals surface area contributed by atoms with Gasteiger partial charge in [0.1, 0.15) is 5.75 Å². The van der Waals surface area contributed by atoms with E-state index in [0.29, 0.717) is 0 Å². The number of nitrogens with one attached hydrogen (secondary N) is 1. The molecule has 0 aliphatic heterocycles. The van der Waals surface area contributed by atoms with E-state index in [1.807, 2.05) is 0 Å². The Balaban J connectivity index is 2.56. The van der Waals surface area contributed by atoms with E-state index < -0.39 is 12.5 Å². The van der Waals surface area contributed by atoms with Gasteiger partial charge in [-0.2, -0.15) is 8.78 Å². The first kappa shape index (κ1) is 14.9. The van der Waals surface area contributed by atoms with Crippen molar-refractivity contribution in [2.75, 3.05) is 20.6 Å². The Morgan fingerprint density at radius 3 is 2.32 bits per heavy atom. The van der Waals surface area contributed by atoms with Crippen molar-refractivity contribution in [1.29, 1.82) is 0 Å². The number of nitrogens with zero attached hydrogens (tertiary/aromatic N) is 1. The predicted octanol–water partition coefficient (Wildman–Crippen LogP) is 1.11. The number of benzene rings is 1. The van der Waals surface area contributed by atoms with Crippen molar-refractivity contribution >= 4 is 11.8 Å². The third-order valence-electron chi connectivity index (χ3n) is 2.24. The Morgan fingerprint density at radius 1 is 1.26 bits per heavy atom. The van der Waals surface area contributed by atoms with Crippen LogP contribution in [0.25, 0.3) is 0 Å². The molecular formula is C12H14F2N2O3. The molecule has 1 aromatic rings. The molecule has 0 spiro atoms. The zero-order chi connectivity index (χ0) is 14.4. The van der Waals surface area contributed by atoms with Crippen LogP contribution in [0.5, 0.6) is 5.75 Å². The molecule has 0 unspecified atom stereocenters. The quantitative estimate of drug-likeness (QED) is 0.873. The van der Waals surface area contributed by atoms with Gasteiger partial charge in [0.25, 0.3) is 5.91 Å². The van der Waals surface area contributed by atoms with Gasteiger partial charge < -0.3 is 15.0 Å². The van der Waals surface area contributed by atoms with Gasteiger partial charge in [-0.1, -0.05) is 0 Å². The van der Waals surface area contributed by atoms with Crippen molar-refractivity contribution in [3.63, 3.8) is 0 Å². The Labute approximate surface area is 109 Å². The molecule has 0 bridgehead atoms. The van der Waals surface area contributed by atoms with Gasteiger partial charge >= 0.3 is 6.61 Å². The summed E-state index contributed by atoms with van der Waals surface area (Å²) in [7, 11) is 3.15. The second-order valence-corrected chi connectivity index (χ2v) is 3.87. The van der Waals surface area contributed by atoms with E-state index >= 15 is 0 Å². The highest BCUT2D eigenvalue weighted by atomic mass is 19.3. The smallest absolute Gasteiger partial charge is 0.387 e. The van der Waals surface area contributed by atoms with Crippen LogP contribution in [-0.2, 0) is 4.79 Å². The van der Waals surface area contributed by atoms with E-state index in [4.69, 9.17) is 0 Å². The number of ether oxygens (including phenoxy) is 1. The zero-order valence-electron chi connectivity index (χ0n) is 10.5. The van der Waals surface area contributed by atoms with Gasteiger partial charge in [0, 0.05) is 19.7 Å². The van der Waals surface area contributed by atoms with Gasteiger partial charge in [-0.3, -0.25) is 9.59 Å². The number of alkyl halides is 2. The zero-order valence-corrected chi connectivity index (χ0v) is 10.5. The fourth-order valence-corrected chi connectivity index (χ4v) is 1.20. The van der Waals surface area contributed by atoms with E-state index in [9.17, 15) is 18.4 Å². The van der Waals surface area contributed by atoms with Crippen LogP contribution in [0.4, 0.5) is 8.78 Å². The molecule has 0 aliphatic rings. The summed E-state index contributed by atoms with van der Waals surface area (Å²) in [5, 5.41) is 2.42. The van der Waals surface area contributed by atoms with Crippen molar-refractivity contribution in [3.05, 3.63) is 29.8 Å². The lowest BCUT2D eigenvalue weighted by Gasteiger charge is -2.11. The predicted molar refractivity (Wildman–Crippen MR) is 64.1 cm³/mol. The van der Waals surface area contributed by atoms with E-state index in [-0.39, 0.29) is 23.8 Å². The molecule has 5 nitrogen and oxygen atoms in total. The molecule has 0 saturated heterocycles. The second-order valence-electron chi connectivity index (χ2n) is 3.87. The lowest BCUT2D eigenvalue weighted by Crippen LogP contribution is -2.36. The minimum atomic E-state index is -2.91. The number of likely N-dealkylation sites (N-methyl/N-ethyl adjacent to an activating group) is 1. The summed E-state index contributed by atoms with van der Waals surface area (Å²) in [5.41, 5.74) is 0.258. The largest absolute Gasteiger partial charge is 0.435 e. The summed E-state index contributed by atoms with van der Waals surface area (Å²) in [4.78, 5) is 24.2. The minimum absolute atomic E-state index is 0.0316. The summed E-state index contributed by atoms with van der Waals surface area (Å²) < 4.78 is 28.0. The topological polar surface area (TPSA) is 58.6 Å². The Kier molecular flexibility index (Phi) is 5.23. The van der Waals surface area contributed by atoms with Crippen molar-refractivity contribution in [2.24, 2.45) is 0 Å². The van der Waals surface area contributed by atoms with E-state index in [0.717, 1.165) is 0 Å². The molecule has 0 aromatic heterocycles. The fraction of sp³-hybridized carbons (Fsp3) is 0.333. The third-order valence-corrected chi connectivity index (χ3v) is 2.24. The Bertz CT molecular complexity index is 447. The molecule has 0 radical (unpaired) electrons. The summed E-state index contributed by atoms with van der Waals surface area (Å²) in [6, 6.07) is 5.20. The monoisotopic (exact) mass is 272 g/mol. The van der Waals surface area contributed by atoms with Crippen LogP contribution >= 0.6 is 0 Å². The molecule has 0 aliphatic carbocycles. The SMILES string of the molecule is CN(C)C(=O)CNC(=O)c1ccc(OC(F)F)cc1. The summed E-state index contributed by atoms with van der Waals surface area (Å²) in [5.74, 6) is -0.735. The van der Waals surface area contributed by atoms with Crippen LogP contribution in [0.3, 0.4) is 0 Å². The third kappa shape index (κ3) is 4.90. The first-order valence-electron chi connectivity index (χ1n) is 5.43. The summed E-state index contributed by atoms with van der Waals surface area (Å²) in [6.07, 6.45) is 0. The maximum Gasteiger partial charge on any atom is 0.387 e. The van der Waals surface area contributed by atoms with Crippen molar-refractivity contribution in [1.82, 2.24) is 10.2 Å². The number of hydrogen-bond acceptors (Lipinski definition) is 3. The molecule has 2 amide bonds. The van der Waals surface area contributed by atoms with Crippen molar-refractivity contribution < 1.29 is 23.1 Å². The minimum Gasteiger partial charge on any atom is -0.435 e. The van der Waals surface area contributed by atoms with Crippen LogP contribution in [-0.4, -0.2) is 44.0 Å². The molecule has 19 heavy (non-hydrogen) atoms. The average molecular weight is 272 g/mol. The van der Waals surface area contributed by atoms with Crippen LogP contribution in [0.15, 0.2) is 24.3 Å². The van der Waals surface area contributed by atoms with E-state index in [2.05, 4.69) is 10.1 Å². The standard InChI is InChI=1S/C12H14F2N2O3/c1-16(2)10(17)7-15-11(18)8-3-5-9(6-4-8)19-12(13)14/h3-6,12H,7H2,1-2H3,(H,15,18). The number of hydrogen-bond donors (Lipinski definition) is 1. The van der Waals surface area contributed by atoms with Crippen LogP contribution in [0.1, 0.15) is 10.4 Å². The molecule has 1 N–H and O–H groups in total. The number of carbonyl (C=O) groups excluding carboxylic acids is 2. The molecule has 0 heterocycles. The number of halogens is 2. The van der Waals surface area contributed by atoms with Gasteiger partial charge in [-0.25, -0.2) is 0 Å². The highest BCUT2D eigenvalue weighted by Crippen LogP contribution is 2.14. The second kappa shape index (κ2) is 6.67. The first-order chi connectivity index (χ1) is 8.90. The number of rotatable bonds is 5. The van der Waals surface area contributed by atoms with Gasteiger partial charge in [-0.05, 0) is 24.3 Å². The van der Waals surface area contributed by atoms with Gasteiger partial charge in [0.05, 0.1) is 6.54 Å². The van der Waals surface area contributed by atoms with Gasteiger partial charge in [-0.15, -0.1) is 0 Å². The van der Waals surface area contributed by atoms with Gasteiger partial charge in [0.15, 0.2) is 0 Å². The van der Waals surface area contributed by atoms with Crippen molar-refractivity contribution in [2.45, 2.75) is 6.61 Å². The average Bonchev–Trinajstić information content (AvgIpc) is 2.35. The van der Waals surface area contributed by atoms with Crippen LogP contribution in [0, 0.1) is 0 Å². The number of amides is 2. The maximum atomic E-state index is 11.9. The normalized spacial score (nSPS) is 10.2. The molecule has 0 atom stereocenters. The Hall–Kier alpha value is -2.18. The lowest BCUT2D eigenvalue weighted by atomic mass is 10.2. The molecular weight excluding hydrogens is 258 g/mol. The highest BCUT2D eigenvalue weighted by Gasteiger charge is 2.10. The van der Waals surface area contributed by atoms with Crippen LogP contribution < -0.4 is 10.1 Å². The lowest BCUT2D eigenvalue weighted by molar-refractivity contribution is -0.127. The molecule has 1 rings (SSSR count). The van der Waals surface area contributed by atoms with Crippen molar-refractivity contribution in [3.8, 4) is 5.75 Å². The molecule has 1 aromatic carbocycles. The molecule has 7 heteroatoms. The van der Waals surface area contributed by atoms with E-state index in [1.54, 1.807) is 14.1 Å². The molecule has 104 valence electrons. The summed E-state index contributed by atoms with van der Waals surface area (Å²) in [6.45, 7) is -3.03. The molecule has 0 saturated carbocycles. The Morgan fingerprint density at radius 2 is 1.84 bits per heavy atom. The maximum absolute atomic E-state index is 11.9. The first-order valence-corrected chi connectivity index (χ1v) is 5.43. The van der Waals surface area contributed by atoms with Gasteiger partial charge in [0.2, 0.25) is 5.91 Å². The molecule has 0 fully saturated rings.